The van der Waals surface area contributed by atoms with E-state index in [4.69, 9.17) is 5.73 Å². The average Bonchev–Trinajstić information content (AvgIpc) is 2.92. The van der Waals surface area contributed by atoms with E-state index in [0.29, 0.717) is 12.0 Å². The highest BCUT2D eigenvalue weighted by molar-refractivity contribution is 7.26. The average molecular weight is 277 g/mol. The first-order chi connectivity index (χ1) is 8.74. The van der Waals surface area contributed by atoms with Crippen LogP contribution < -0.4 is 5.73 Å². The molecule has 2 aromatic heterocycles. The number of nitrogens with two attached hydrogens (primary N) is 1. The van der Waals surface area contributed by atoms with Crippen LogP contribution in [0.5, 0.6) is 0 Å². The lowest BCUT2D eigenvalue weighted by atomic mass is 10.1. The van der Waals surface area contributed by atoms with E-state index in [2.05, 4.69) is 17.5 Å². The maximum Gasteiger partial charge on any atom is 0.126 e. The molecule has 0 amide bonds. The molecule has 4 heteroatoms. The molecular formula is C14H12FNS2. The zero-order valence-electron chi connectivity index (χ0n) is 9.60. The van der Waals surface area contributed by atoms with E-state index in [1.807, 2.05) is 6.07 Å². The topological polar surface area (TPSA) is 26.0 Å². The number of hydrogen-bond donors (Lipinski definition) is 1. The van der Waals surface area contributed by atoms with Gasteiger partial charge in [0.2, 0.25) is 0 Å². The summed E-state index contributed by atoms with van der Waals surface area (Å²) >= 11 is 3.42. The molecule has 3 aromatic rings. The fourth-order valence-corrected chi connectivity index (χ4v) is 4.09. The van der Waals surface area contributed by atoms with E-state index in [1.165, 1.54) is 15.5 Å². The normalized spacial score (nSPS) is 13.0. The Balaban J connectivity index is 1.85. The lowest BCUT2D eigenvalue weighted by Gasteiger charge is -2.10. The second kappa shape index (κ2) is 4.80. The molecule has 0 saturated heterocycles. The highest BCUT2D eigenvalue weighted by atomic mass is 32.1. The first kappa shape index (κ1) is 11.8. The van der Waals surface area contributed by atoms with E-state index in [-0.39, 0.29) is 11.9 Å². The Morgan fingerprint density at radius 2 is 2.00 bits per heavy atom. The Morgan fingerprint density at radius 1 is 1.17 bits per heavy atom. The van der Waals surface area contributed by atoms with Gasteiger partial charge in [0.05, 0.1) is 0 Å². The van der Waals surface area contributed by atoms with Crippen molar-refractivity contribution in [3.8, 4) is 0 Å². The molecule has 2 heterocycles. The molecule has 1 atom stereocenters. The molecule has 0 aliphatic carbocycles. The molecule has 1 aromatic carbocycles. The van der Waals surface area contributed by atoms with E-state index >= 15 is 0 Å². The number of hydrogen-bond acceptors (Lipinski definition) is 3. The molecule has 18 heavy (non-hydrogen) atoms. The van der Waals surface area contributed by atoms with Crippen molar-refractivity contribution in [2.24, 2.45) is 5.73 Å². The van der Waals surface area contributed by atoms with Gasteiger partial charge < -0.3 is 5.73 Å². The molecule has 0 radical (unpaired) electrons. The van der Waals surface area contributed by atoms with Gasteiger partial charge in [-0.25, -0.2) is 4.39 Å². The second-order valence-corrected chi connectivity index (χ2v) is 6.26. The maximum atomic E-state index is 13.6. The number of rotatable bonds is 3. The van der Waals surface area contributed by atoms with Crippen LogP contribution in [-0.2, 0) is 6.42 Å². The monoisotopic (exact) mass is 277 g/mol. The van der Waals surface area contributed by atoms with Gasteiger partial charge in [-0.1, -0.05) is 18.2 Å². The van der Waals surface area contributed by atoms with Crippen LogP contribution in [0, 0.1) is 5.82 Å². The van der Waals surface area contributed by atoms with Crippen molar-refractivity contribution >= 4 is 32.1 Å². The zero-order valence-corrected chi connectivity index (χ0v) is 11.2. The first-order valence-corrected chi connectivity index (χ1v) is 7.39. The molecule has 3 rings (SSSR count). The van der Waals surface area contributed by atoms with Gasteiger partial charge in [0.1, 0.15) is 5.82 Å². The molecule has 92 valence electrons. The number of benzene rings is 1. The maximum absolute atomic E-state index is 13.6. The second-order valence-electron chi connectivity index (χ2n) is 4.20. The molecule has 0 bridgehead atoms. The molecule has 0 aliphatic rings. The van der Waals surface area contributed by atoms with E-state index in [0.717, 1.165) is 4.88 Å². The van der Waals surface area contributed by atoms with Crippen LogP contribution in [0.15, 0.2) is 41.8 Å². The van der Waals surface area contributed by atoms with E-state index in [1.54, 1.807) is 34.8 Å². The Labute approximate surface area is 113 Å². The molecule has 0 fully saturated rings. The summed E-state index contributed by atoms with van der Waals surface area (Å²) in [4.78, 5) is 1.13. The molecule has 0 aliphatic heterocycles. The standard InChI is InChI=1S/C14H12FNS2/c15-10-4-2-1-3-9(10)7-11(16)13-8-14-12(18-13)5-6-17-14/h1-6,8,11H,7,16H2. The highest BCUT2D eigenvalue weighted by Crippen LogP contribution is 2.33. The fourth-order valence-electron chi connectivity index (χ4n) is 1.97. The summed E-state index contributed by atoms with van der Waals surface area (Å²) in [5.41, 5.74) is 6.85. The van der Waals surface area contributed by atoms with Crippen molar-refractivity contribution in [2.75, 3.05) is 0 Å². The Kier molecular flexibility index (Phi) is 3.16. The van der Waals surface area contributed by atoms with Crippen LogP contribution >= 0.6 is 22.7 Å². The largest absolute Gasteiger partial charge is 0.323 e. The summed E-state index contributed by atoms with van der Waals surface area (Å²) in [6.45, 7) is 0. The molecule has 1 unspecified atom stereocenters. The van der Waals surface area contributed by atoms with Crippen LogP contribution in [0.4, 0.5) is 4.39 Å². The molecule has 1 nitrogen and oxygen atoms in total. The minimum Gasteiger partial charge on any atom is -0.323 e. The quantitative estimate of drug-likeness (QED) is 0.757. The van der Waals surface area contributed by atoms with Gasteiger partial charge in [-0.2, -0.15) is 0 Å². The minimum atomic E-state index is -0.175. The zero-order chi connectivity index (χ0) is 12.5. The number of thiophene rings is 2. The van der Waals surface area contributed by atoms with Crippen LogP contribution in [-0.4, -0.2) is 0 Å². The molecule has 0 saturated carbocycles. The summed E-state index contributed by atoms with van der Waals surface area (Å²) in [5.74, 6) is -0.175. The van der Waals surface area contributed by atoms with Crippen molar-refractivity contribution in [2.45, 2.75) is 12.5 Å². The summed E-state index contributed by atoms with van der Waals surface area (Å²) < 4.78 is 16.1. The van der Waals surface area contributed by atoms with Gasteiger partial charge in [0, 0.05) is 20.3 Å². The summed E-state index contributed by atoms with van der Waals surface area (Å²) in [6.07, 6.45) is 0.542. The van der Waals surface area contributed by atoms with E-state index in [9.17, 15) is 4.39 Å². The van der Waals surface area contributed by atoms with Gasteiger partial charge in [-0.3, -0.25) is 0 Å². The van der Waals surface area contributed by atoms with Crippen LogP contribution in [0.2, 0.25) is 0 Å². The summed E-state index contributed by atoms with van der Waals surface area (Å²) in [6, 6.07) is 10.9. The Hall–Kier alpha value is -1.23. The molecule has 0 spiro atoms. The van der Waals surface area contributed by atoms with E-state index < -0.39 is 0 Å². The lowest BCUT2D eigenvalue weighted by Crippen LogP contribution is -2.12. The summed E-state index contributed by atoms with van der Waals surface area (Å²) in [5, 5.41) is 2.08. The Morgan fingerprint density at radius 3 is 2.78 bits per heavy atom. The third kappa shape index (κ3) is 2.19. The minimum absolute atomic E-state index is 0.133. The van der Waals surface area contributed by atoms with Gasteiger partial charge in [0.25, 0.3) is 0 Å². The van der Waals surface area contributed by atoms with Gasteiger partial charge >= 0.3 is 0 Å². The van der Waals surface area contributed by atoms with Gasteiger partial charge in [-0.05, 0) is 35.6 Å². The first-order valence-electron chi connectivity index (χ1n) is 5.70. The third-order valence-corrected chi connectivity index (χ3v) is 5.15. The van der Waals surface area contributed by atoms with Gasteiger partial charge in [0.15, 0.2) is 0 Å². The lowest BCUT2D eigenvalue weighted by molar-refractivity contribution is 0.595. The SMILES string of the molecule is NC(Cc1ccccc1F)c1cc2sccc2s1. The highest BCUT2D eigenvalue weighted by Gasteiger charge is 2.13. The van der Waals surface area contributed by atoms with Crippen molar-refractivity contribution in [1.82, 2.24) is 0 Å². The smallest absolute Gasteiger partial charge is 0.126 e. The van der Waals surface area contributed by atoms with Crippen molar-refractivity contribution in [1.29, 1.82) is 0 Å². The molecule has 2 N–H and O–H groups in total. The predicted molar refractivity (Wildman–Crippen MR) is 76.7 cm³/mol. The van der Waals surface area contributed by atoms with Crippen LogP contribution in [0.25, 0.3) is 9.40 Å². The number of halogens is 1. The van der Waals surface area contributed by atoms with Crippen molar-refractivity contribution in [3.05, 3.63) is 58.0 Å². The fraction of sp³-hybridized carbons (Fsp3) is 0.143. The van der Waals surface area contributed by atoms with Crippen LogP contribution in [0.1, 0.15) is 16.5 Å². The molecular weight excluding hydrogens is 265 g/mol. The third-order valence-electron chi connectivity index (χ3n) is 2.92. The van der Waals surface area contributed by atoms with Crippen LogP contribution in [0.3, 0.4) is 0 Å². The van der Waals surface area contributed by atoms with Crippen molar-refractivity contribution in [3.63, 3.8) is 0 Å². The number of fused-ring (bicyclic) bond motifs is 1. The Bertz CT molecular complexity index is 643. The predicted octanol–water partition coefficient (Wildman–Crippen LogP) is 4.34. The summed E-state index contributed by atoms with van der Waals surface area (Å²) in [7, 11) is 0. The van der Waals surface area contributed by atoms with Gasteiger partial charge in [-0.15, -0.1) is 22.7 Å². The van der Waals surface area contributed by atoms with Crippen molar-refractivity contribution < 1.29 is 4.39 Å².